The van der Waals surface area contributed by atoms with E-state index in [0.29, 0.717) is 11.5 Å². The Labute approximate surface area is 118 Å². The lowest BCUT2D eigenvalue weighted by Gasteiger charge is -2.10. The summed E-state index contributed by atoms with van der Waals surface area (Å²) in [5.74, 6) is 1.48. The van der Waals surface area contributed by atoms with Crippen molar-refractivity contribution in [2.45, 2.75) is 19.8 Å². The number of pyridine rings is 1. The van der Waals surface area contributed by atoms with Crippen LogP contribution in [0.1, 0.15) is 28.9 Å². The van der Waals surface area contributed by atoms with Gasteiger partial charge in [-0.15, -0.1) is 0 Å². The third-order valence-corrected chi connectivity index (χ3v) is 3.54. The highest BCUT2D eigenvalue weighted by Crippen LogP contribution is 2.31. The van der Waals surface area contributed by atoms with E-state index in [1.165, 1.54) is 12.8 Å². The van der Waals surface area contributed by atoms with Crippen LogP contribution < -0.4 is 4.74 Å². The van der Waals surface area contributed by atoms with Crippen LogP contribution in [0.25, 0.3) is 11.1 Å². The van der Waals surface area contributed by atoms with Crippen LogP contribution >= 0.6 is 0 Å². The minimum Gasteiger partial charge on any atom is -0.493 e. The largest absolute Gasteiger partial charge is 0.493 e. The van der Waals surface area contributed by atoms with Crippen LogP contribution in [0.5, 0.6) is 5.75 Å². The summed E-state index contributed by atoms with van der Waals surface area (Å²) in [6.45, 7) is 2.70. The number of benzene rings is 1. The van der Waals surface area contributed by atoms with E-state index in [9.17, 15) is 4.79 Å². The van der Waals surface area contributed by atoms with E-state index in [1.807, 2.05) is 37.3 Å². The maximum atomic E-state index is 11.3. The van der Waals surface area contributed by atoms with Crippen molar-refractivity contribution in [3.05, 3.63) is 47.8 Å². The Balaban J connectivity index is 1.88. The predicted molar refractivity (Wildman–Crippen MR) is 78.0 cm³/mol. The van der Waals surface area contributed by atoms with Gasteiger partial charge in [-0.05, 0) is 67.1 Å². The molecule has 3 rings (SSSR count). The zero-order valence-electron chi connectivity index (χ0n) is 11.5. The molecule has 0 amide bonds. The minimum absolute atomic E-state index is 0.656. The Morgan fingerprint density at radius 2 is 2.15 bits per heavy atom. The Morgan fingerprint density at radius 3 is 2.85 bits per heavy atom. The first-order valence-electron chi connectivity index (χ1n) is 6.91. The van der Waals surface area contributed by atoms with E-state index in [1.54, 1.807) is 6.20 Å². The molecule has 3 nitrogen and oxygen atoms in total. The summed E-state index contributed by atoms with van der Waals surface area (Å²) >= 11 is 0. The van der Waals surface area contributed by atoms with Gasteiger partial charge < -0.3 is 4.74 Å². The average molecular weight is 267 g/mol. The SMILES string of the molecule is Cc1cc(-c2ccc(OCC3CC3)cc2C=O)ccn1. The lowest BCUT2D eigenvalue weighted by molar-refractivity contribution is 0.112. The summed E-state index contributed by atoms with van der Waals surface area (Å²) in [6, 6.07) is 9.59. The van der Waals surface area contributed by atoms with Crippen LogP contribution in [0.4, 0.5) is 0 Å². The second-order valence-corrected chi connectivity index (χ2v) is 5.31. The number of aromatic nitrogens is 1. The highest BCUT2D eigenvalue weighted by molar-refractivity contribution is 5.88. The molecule has 0 spiro atoms. The van der Waals surface area contributed by atoms with E-state index in [2.05, 4.69) is 4.98 Å². The van der Waals surface area contributed by atoms with Crippen molar-refractivity contribution in [3.63, 3.8) is 0 Å². The summed E-state index contributed by atoms with van der Waals surface area (Å²) in [5, 5.41) is 0. The molecule has 1 aromatic heterocycles. The number of aldehydes is 1. The first-order chi connectivity index (χ1) is 9.76. The van der Waals surface area contributed by atoms with Crippen LogP contribution in [0.3, 0.4) is 0 Å². The molecule has 2 aromatic rings. The topological polar surface area (TPSA) is 39.2 Å². The molecule has 0 aliphatic heterocycles. The van der Waals surface area contributed by atoms with Gasteiger partial charge in [0.05, 0.1) is 6.61 Å². The maximum Gasteiger partial charge on any atom is 0.150 e. The van der Waals surface area contributed by atoms with Gasteiger partial charge in [0.15, 0.2) is 6.29 Å². The predicted octanol–water partition coefficient (Wildman–Crippen LogP) is 3.66. The van der Waals surface area contributed by atoms with Crippen molar-refractivity contribution >= 4 is 6.29 Å². The normalized spacial score (nSPS) is 14.1. The molecule has 1 heterocycles. The van der Waals surface area contributed by atoms with Gasteiger partial charge in [-0.1, -0.05) is 0 Å². The smallest absolute Gasteiger partial charge is 0.150 e. The van der Waals surface area contributed by atoms with E-state index >= 15 is 0 Å². The average Bonchev–Trinajstić information content (AvgIpc) is 3.29. The summed E-state index contributed by atoms with van der Waals surface area (Å²) in [6.07, 6.45) is 5.16. The van der Waals surface area contributed by atoms with Gasteiger partial charge in [-0.2, -0.15) is 0 Å². The molecule has 1 aliphatic rings. The van der Waals surface area contributed by atoms with Crippen molar-refractivity contribution in [1.29, 1.82) is 0 Å². The first kappa shape index (κ1) is 12.9. The number of carbonyl (C=O) groups excluding carboxylic acids is 1. The molecule has 0 unspecified atom stereocenters. The molecular formula is C17H17NO2. The number of carbonyl (C=O) groups is 1. The monoisotopic (exact) mass is 267 g/mol. The van der Waals surface area contributed by atoms with Crippen molar-refractivity contribution < 1.29 is 9.53 Å². The number of hydrogen-bond donors (Lipinski definition) is 0. The lowest BCUT2D eigenvalue weighted by atomic mass is 10.0. The van der Waals surface area contributed by atoms with Crippen LogP contribution in [-0.4, -0.2) is 17.9 Å². The first-order valence-corrected chi connectivity index (χ1v) is 6.91. The van der Waals surface area contributed by atoms with Gasteiger partial charge in [0, 0.05) is 17.5 Å². The van der Waals surface area contributed by atoms with Crippen LogP contribution in [0, 0.1) is 12.8 Å². The second kappa shape index (κ2) is 5.45. The molecule has 0 N–H and O–H groups in total. The Morgan fingerprint density at radius 1 is 1.30 bits per heavy atom. The van der Waals surface area contributed by atoms with Crippen LogP contribution in [-0.2, 0) is 0 Å². The standard InChI is InChI=1S/C17H17NO2/c1-12-8-14(6-7-18-12)17-5-4-16(9-15(17)10-19)20-11-13-2-3-13/h4-10,13H,2-3,11H2,1H3. The second-order valence-electron chi connectivity index (χ2n) is 5.31. The molecular weight excluding hydrogens is 250 g/mol. The number of nitrogens with zero attached hydrogens (tertiary/aromatic N) is 1. The zero-order chi connectivity index (χ0) is 13.9. The van der Waals surface area contributed by atoms with Gasteiger partial charge >= 0.3 is 0 Å². The molecule has 0 bridgehead atoms. The molecule has 0 radical (unpaired) electrons. The summed E-state index contributed by atoms with van der Waals surface area (Å²) in [7, 11) is 0. The molecule has 1 aromatic carbocycles. The lowest BCUT2D eigenvalue weighted by Crippen LogP contribution is -2.00. The molecule has 0 atom stereocenters. The van der Waals surface area contributed by atoms with Crippen molar-refractivity contribution in [2.24, 2.45) is 5.92 Å². The summed E-state index contributed by atoms with van der Waals surface area (Å²) in [4.78, 5) is 15.5. The number of rotatable bonds is 5. The van der Waals surface area contributed by atoms with Gasteiger partial charge in [-0.3, -0.25) is 9.78 Å². The van der Waals surface area contributed by atoms with Crippen molar-refractivity contribution in [3.8, 4) is 16.9 Å². The van der Waals surface area contributed by atoms with E-state index in [4.69, 9.17) is 4.74 Å². The van der Waals surface area contributed by atoms with Crippen molar-refractivity contribution in [1.82, 2.24) is 4.98 Å². The van der Waals surface area contributed by atoms with Crippen LogP contribution in [0.15, 0.2) is 36.5 Å². The Bertz CT molecular complexity index is 633. The van der Waals surface area contributed by atoms with Gasteiger partial charge in [0.25, 0.3) is 0 Å². The third-order valence-electron chi connectivity index (χ3n) is 3.54. The third kappa shape index (κ3) is 2.87. The van der Waals surface area contributed by atoms with E-state index in [-0.39, 0.29) is 0 Å². The van der Waals surface area contributed by atoms with Crippen LogP contribution in [0.2, 0.25) is 0 Å². The van der Waals surface area contributed by atoms with Gasteiger partial charge in [-0.25, -0.2) is 0 Å². The fourth-order valence-electron chi connectivity index (χ4n) is 2.20. The maximum absolute atomic E-state index is 11.3. The van der Waals surface area contributed by atoms with E-state index < -0.39 is 0 Å². The quantitative estimate of drug-likeness (QED) is 0.776. The summed E-state index contributed by atoms with van der Waals surface area (Å²) < 4.78 is 5.72. The molecule has 0 saturated heterocycles. The summed E-state index contributed by atoms with van der Waals surface area (Å²) in [5.41, 5.74) is 3.52. The number of ether oxygens (including phenoxy) is 1. The number of aryl methyl sites for hydroxylation is 1. The Kier molecular flexibility index (Phi) is 3.50. The molecule has 1 saturated carbocycles. The number of hydrogen-bond acceptors (Lipinski definition) is 3. The highest BCUT2D eigenvalue weighted by Gasteiger charge is 2.22. The van der Waals surface area contributed by atoms with E-state index in [0.717, 1.165) is 35.5 Å². The van der Waals surface area contributed by atoms with Gasteiger partial charge in [0.1, 0.15) is 5.75 Å². The molecule has 102 valence electrons. The Hall–Kier alpha value is -2.16. The molecule has 1 fully saturated rings. The molecule has 20 heavy (non-hydrogen) atoms. The fourth-order valence-corrected chi connectivity index (χ4v) is 2.20. The molecule has 1 aliphatic carbocycles. The highest BCUT2D eigenvalue weighted by atomic mass is 16.5. The zero-order valence-corrected chi connectivity index (χ0v) is 11.5. The fraction of sp³-hybridized carbons (Fsp3) is 0.294. The van der Waals surface area contributed by atoms with Crippen molar-refractivity contribution in [2.75, 3.05) is 6.61 Å². The minimum atomic E-state index is 0.656. The molecule has 3 heteroatoms. The van der Waals surface area contributed by atoms with Gasteiger partial charge in [0.2, 0.25) is 0 Å².